The number of nitrogens with one attached hydrogen (secondary N) is 1. The maximum Gasteiger partial charge on any atom is 0.417 e. The van der Waals surface area contributed by atoms with Crippen LogP contribution in [0.3, 0.4) is 0 Å². The maximum absolute atomic E-state index is 14.1. The highest BCUT2D eigenvalue weighted by molar-refractivity contribution is 5.77. The summed E-state index contributed by atoms with van der Waals surface area (Å²) in [7, 11) is 0. The number of imidazole rings is 1. The summed E-state index contributed by atoms with van der Waals surface area (Å²) >= 11 is 0. The molecule has 2 aromatic carbocycles. The molecular formula is C23H13F7N5O+. The fraction of sp³-hybridized carbons (Fsp3) is 0.130. The van der Waals surface area contributed by atoms with Crippen LogP contribution in [0.15, 0.2) is 65.4 Å². The van der Waals surface area contributed by atoms with E-state index in [0.717, 1.165) is 6.07 Å². The van der Waals surface area contributed by atoms with Gasteiger partial charge < -0.3 is 9.51 Å². The van der Waals surface area contributed by atoms with Crippen LogP contribution in [0.5, 0.6) is 0 Å². The van der Waals surface area contributed by atoms with Crippen molar-refractivity contribution in [3.63, 3.8) is 0 Å². The molecule has 0 saturated heterocycles. The molecule has 0 radical (unpaired) electrons. The number of rotatable bonds is 4. The van der Waals surface area contributed by atoms with Crippen molar-refractivity contribution in [2.45, 2.75) is 18.9 Å². The highest BCUT2D eigenvalue weighted by Gasteiger charge is 2.38. The number of hydrogen-bond acceptors (Lipinski definition) is 4. The van der Waals surface area contributed by atoms with Gasteiger partial charge in [-0.1, -0.05) is 22.0 Å². The molecule has 6 nitrogen and oxygen atoms in total. The average Bonchev–Trinajstić information content (AvgIpc) is 3.44. The first-order chi connectivity index (χ1) is 17.0. The van der Waals surface area contributed by atoms with Gasteiger partial charge >= 0.3 is 12.4 Å². The molecule has 5 rings (SSSR count). The predicted octanol–water partition coefficient (Wildman–Crippen LogP) is 5.79. The molecule has 13 heteroatoms. The molecule has 0 amide bonds. The zero-order valence-corrected chi connectivity index (χ0v) is 17.8. The molecule has 184 valence electrons. The van der Waals surface area contributed by atoms with Crippen LogP contribution >= 0.6 is 0 Å². The zero-order chi connectivity index (χ0) is 25.7. The molecule has 0 saturated carbocycles. The lowest BCUT2D eigenvalue weighted by molar-refractivity contribution is -0.746. The Morgan fingerprint density at radius 1 is 0.917 bits per heavy atom. The number of nitrogens with zero attached hydrogens (tertiary/aromatic N) is 4. The third kappa shape index (κ3) is 4.51. The first-order valence-corrected chi connectivity index (χ1v) is 10.2. The summed E-state index contributed by atoms with van der Waals surface area (Å²) in [4.78, 5) is 7.26. The van der Waals surface area contributed by atoms with Gasteiger partial charge in [0, 0.05) is 11.6 Å². The lowest BCUT2D eigenvalue weighted by Crippen LogP contribution is -2.37. The Kier molecular flexibility index (Phi) is 5.49. The van der Waals surface area contributed by atoms with Crippen molar-refractivity contribution in [3.8, 4) is 22.6 Å². The molecule has 36 heavy (non-hydrogen) atoms. The van der Waals surface area contributed by atoms with Gasteiger partial charge in [-0.05, 0) is 35.4 Å². The molecule has 0 atom stereocenters. The highest BCUT2D eigenvalue weighted by atomic mass is 19.4. The summed E-state index contributed by atoms with van der Waals surface area (Å²) in [5.41, 5.74) is -2.53. The molecular weight excluding hydrogens is 495 g/mol. The van der Waals surface area contributed by atoms with Crippen molar-refractivity contribution in [3.05, 3.63) is 83.6 Å². The van der Waals surface area contributed by atoms with Crippen LogP contribution in [0.4, 0.5) is 30.7 Å². The van der Waals surface area contributed by atoms with E-state index in [0.29, 0.717) is 29.2 Å². The van der Waals surface area contributed by atoms with Gasteiger partial charge in [-0.2, -0.15) is 26.3 Å². The van der Waals surface area contributed by atoms with Crippen LogP contribution in [0.25, 0.3) is 33.7 Å². The number of aromatic amines is 1. The van der Waals surface area contributed by atoms with Crippen LogP contribution in [0.2, 0.25) is 0 Å². The Balaban J connectivity index is 1.46. The molecule has 0 fully saturated rings. The lowest BCUT2D eigenvalue weighted by Gasteiger charge is -2.14. The van der Waals surface area contributed by atoms with Gasteiger partial charge in [-0.3, -0.25) is 0 Å². The van der Waals surface area contributed by atoms with Gasteiger partial charge in [0.15, 0.2) is 0 Å². The SMILES string of the molecule is Fc1ccccc1-c1nc2cn[n+](Cc3cc(-c4cc(C(F)(F)F)ccc4C(F)(F)F)no3)cc2[nH]1. The third-order valence-electron chi connectivity index (χ3n) is 5.30. The lowest BCUT2D eigenvalue weighted by atomic mass is 10.0. The second-order valence-electron chi connectivity index (χ2n) is 7.77. The number of alkyl halides is 6. The van der Waals surface area contributed by atoms with E-state index in [-0.39, 0.29) is 23.7 Å². The van der Waals surface area contributed by atoms with Gasteiger partial charge in [0.1, 0.15) is 34.6 Å². The minimum absolute atomic E-state index is 0.0428. The Bertz CT molecular complexity index is 1570. The summed E-state index contributed by atoms with van der Waals surface area (Å²) in [5.74, 6) is -0.158. The fourth-order valence-corrected chi connectivity index (χ4v) is 3.63. The number of halogens is 7. The van der Waals surface area contributed by atoms with E-state index >= 15 is 0 Å². The topological polar surface area (TPSA) is 71.5 Å². The Morgan fingerprint density at radius 2 is 1.69 bits per heavy atom. The standard InChI is InChI=1S/C23H12F7N5O/c24-17-4-2-1-3-14(17)21-32-19-9-31-35(11-20(19)33-21)10-13-8-18(34-36-13)15-7-12(22(25,26)27)5-6-16(15)23(28,29)30/h1-9,11H,10H2/p+1. The second-order valence-corrected chi connectivity index (χ2v) is 7.77. The van der Waals surface area contributed by atoms with Gasteiger partial charge in [-0.25, -0.2) is 9.37 Å². The van der Waals surface area contributed by atoms with E-state index in [4.69, 9.17) is 4.52 Å². The third-order valence-corrected chi connectivity index (χ3v) is 5.30. The van der Waals surface area contributed by atoms with Crippen molar-refractivity contribution in [1.29, 1.82) is 0 Å². The van der Waals surface area contributed by atoms with Crippen molar-refractivity contribution >= 4 is 11.0 Å². The van der Waals surface area contributed by atoms with Gasteiger partial charge in [0.2, 0.25) is 18.5 Å². The van der Waals surface area contributed by atoms with E-state index in [1.54, 1.807) is 18.2 Å². The molecule has 0 aliphatic heterocycles. The quantitative estimate of drug-likeness (QED) is 0.246. The molecule has 0 unspecified atom stereocenters. The molecule has 0 bridgehead atoms. The molecule has 0 aliphatic rings. The van der Waals surface area contributed by atoms with E-state index < -0.39 is 40.6 Å². The van der Waals surface area contributed by atoms with E-state index in [1.165, 1.54) is 23.1 Å². The van der Waals surface area contributed by atoms with Crippen LogP contribution in [0.1, 0.15) is 16.9 Å². The maximum atomic E-state index is 14.1. The summed E-state index contributed by atoms with van der Waals surface area (Å²) in [6.07, 6.45) is -6.84. The van der Waals surface area contributed by atoms with Crippen molar-refractivity contribution < 1.29 is 39.9 Å². The number of aromatic nitrogens is 5. The summed E-state index contributed by atoms with van der Waals surface area (Å²) in [6, 6.07) is 8.26. The Labute approximate surface area is 197 Å². The number of hydrogen-bond donors (Lipinski definition) is 1. The van der Waals surface area contributed by atoms with Crippen molar-refractivity contribution in [1.82, 2.24) is 20.2 Å². The number of fused-ring (bicyclic) bond motifs is 1. The first-order valence-electron chi connectivity index (χ1n) is 10.2. The Hall–Kier alpha value is -4.29. The molecule has 5 aromatic rings. The van der Waals surface area contributed by atoms with E-state index in [1.807, 2.05) is 0 Å². The highest BCUT2D eigenvalue weighted by Crippen LogP contribution is 2.40. The smallest absolute Gasteiger partial charge is 0.354 e. The van der Waals surface area contributed by atoms with Crippen LogP contribution in [0, 0.1) is 5.82 Å². The average molecular weight is 508 g/mol. The van der Waals surface area contributed by atoms with Gasteiger partial charge in [-0.15, -0.1) is 0 Å². The van der Waals surface area contributed by atoms with Gasteiger partial charge in [0.25, 0.3) is 0 Å². The van der Waals surface area contributed by atoms with Gasteiger partial charge in [0.05, 0.1) is 16.7 Å². The normalized spacial score (nSPS) is 12.4. The molecule has 3 heterocycles. The summed E-state index contributed by atoms with van der Waals surface area (Å²) < 4.78 is 100. The van der Waals surface area contributed by atoms with Crippen molar-refractivity contribution in [2.75, 3.05) is 0 Å². The monoisotopic (exact) mass is 508 g/mol. The summed E-state index contributed by atoms with van der Waals surface area (Å²) in [6.45, 7) is -0.0999. The molecule has 1 N–H and O–H groups in total. The minimum Gasteiger partial charge on any atom is -0.354 e. The van der Waals surface area contributed by atoms with Crippen molar-refractivity contribution in [2.24, 2.45) is 0 Å². The largest absolute Gasteiger partial charge is 0.417 e. The molecule has 0 spiro atoms. The fourth-order valence-electron chi connectivity index (χ4n) is 3.63. The van der Waals surface area contributed by atoms with Crippen LogP contribution < -0.4 is 4.68 Å². The first kappa shape index (κ1) is 23.5. The predicted molar refractivity (Wildman–Crippen MR) is 111 cm³/mol. The van der Waals surface area contributed by atoms with Crippen LogP contribution in [-0.2, 0) is 18.9 Å². The molecule has 3 aromatic heterocycles. The second kappa shape index (κ2) is 8.43. The zero-order valence-electron chi connectivity index (χ0n) is 17.8. The number of H-pyrrole nitrogens is 1. The molecule has 0 aliphatic carbocycles. The number of benzene rings is 2. The minimum atomic E-state index is -4.91. The van der Waals surface area contributed by atoms with Crippen LogP contribution in [-0.4, -0.2) is 20.2 Å². The van der Waals surface area contributed by atoms with E-state index in [9.17, 15) is 30.7 Å². The summed E-state index contributed by atoms with van der Waals surface area (Å²) in [5, 5.41) is 7.69. The van der Waals surface area contributed by atoms with E-state index in [2.05, 4.69) is 20.2 Å². The Morgan fingerprint density at radius 3 is 2.42 bits per heavy atom.